The topological polar surface area (TPSA) is 80.9 Å². The van der Waals surface area contributed by atoms with E-state index in [9.17, 15) is 4.79 Å². The normalized spacial score (nSPS) is 10.6. The highest BCUT2D eigenvalue weighted by atomic mass is 32.2. The minimum Gasteiger partial charge on any atom is -0.478 e. The summed E-state index contributed by atoms with van der Waals surface area (Å²) in [5, 5.41) is 13.7. The summed E-state index contributed by atoms with van der Waals surface area (Å²) in [6.45, 7) is 2.94. The Morgan fingerprint density at radius 3 is 2.89 bits per heavy atom. The number of carbonyl (C=O) groups is 1. The van der Waals surface area contributed by atoms with E-state index in [0.717, 1.165) is 23.8 Å². The second-order valence-electron chi connectivity index (χ2n) is 3.88. The summed E-state index contributed by atoms with van der Waals surface area (Å²) in [6, 6.07) is 3.25. The third-order valence-corrected chi connectivity index (χ3v) is 3.40. The van der Waals surface area contributed by atoms with E-state index < -0.39 is 5.97 Å². The minimum absolute atomic E-state index is 0.193. The predicted octanol–water partition coefficient (Wildman–Crippen LogP) is 2.07. The van der Waals surface area contributed by atoms with Crippen LogP contribution in [0.4, 0.5) is 0 Å². The summed E-state index contributed by atoms with van der Waals surface area (Å²) in [5.74, 6) is 0.599. The highest BCUT2D eigenvalue weighted by Gasteiger charge is 2.06. The minimum atomic E-state index is -0.966. The van der Waals surface area contributed by atoms with Crippen LogP contribution in [-0.4, -0.2) is 30.8 Å². The third-order valence-electron chi connectivity index (χ3n) is 2.46. The molecule has 0 saturated heterocycles. The van der Waals surface area contributed by atoms with Crippen molar-refractivity contribution in [2.75, 3.05) is 0 Å². The second-order valence-corrected chi connectivity index (χ2v) is 4.87. The summed E-state index contributed by atoms with van der Waals surface area (Å²) in [6.07, 6.45) is 3.92. The van der Waals surface area contributed by atoms with E-state index in [1.54, 1.807) is 18.5 Å². The van der Waals surface area contributed by atoms with E-state index in [2.05, 4.69) is 22.0 Å². The summed E-state index contributed by atoms with van der Waals surface area (Å²) >= 11 is 1.51. The Hall–Kier alpha value is -1.89. The van der Waals surface area contributed by atoms with Crippen molar-refractivity contribution in [3.05, 3.63) is 36.0 Å². The smallest absolute Gasteiger partial charge is 0.337 e. The SMILES string of the molecule is CCCn1ncnc1CSc1ccc(C(=O)O)cn1. The molecule has 100 valence electrons. The molecule has 0 aromatic carbocycles. The molecule has 2 rings (SSSR count). The number of nitrogens with zero attached hydrogens (tertiary/aromatic N) is 4. The highest BCUT2D eigenvalue weighted by Crippen LogP contribution is 2.19. The molecule has 6 nitrogen and oxygen atoms in total. The van der Waals surface area contributed by atoms with Crippen LogP contribution in [-0.2, 0) is 12.3 Å². The lowest BCUT2D eigenvalue weighted by atomic mass is 10.3. The molecule has 0 aliphatic heterocycles. The van der Waals surface area contributed by atoms with E-state index in [4.69, 9.17) is 5.11 Å². The van der Waals surface area contributed by atoms with Crippen molar-refractivity contribution in [3.8, 4) is 0 Å². The maximum atomic E-state index is 10.7. The van der Waals surface area contributed by atoms with Gasteiger partial charge in [-0.15, -0.1) is 0 Å². The number of hydrogen-bond donors (Lipinski definition) is 1. The quantitative estimate of drug-likeness (QED) is 0.815. The van der Waals surface area contributed by atoms with Gasteiger partial charge >= 0.3 is 5.97 Å². The first-order valence-corrected chi connectivity index (χ1v) is 6.88. The van der Waals surface area contributed by atoms with Gasteiger partial charge in [-0.05, 0) is 18.6 Å². The van der Waals surface area contributed by atoms with Crippen molar-refractivity contribution >= 4 is 17.7 Å². The molecular formula is C12H14N4O2S. The molecule has 0 fully saturated rings. The van der Waals surface area contributed by atoms with E-state index in [1.165, 1.54) is 18.0 Å². The van der Waals surface area contributed by atoms with Gasteiger partial charge in [0.25, 0.3) is 0 Å². The molecule has 0 radical (unpaired) electrons. The average Bonchev–Trinajstić information content (AvgIpc) is 2.85. The zero-order valence-corrected chi connectivity index (χ0v) is 11.3. The molecule has 2 aromatic heterocycles. The zero-order valence-electron chi connectivity index (χ0n) is 10.5. The summed E-state index contributed by atoms with van der Waals surface area (Å²) < 4.78 is 1.87. The average molecular weight is 278 g/mol. The molecule has 0 atom stereocenters. The molecule has 0 spiro atoms. The first-order valence-electron chi connectivity index (χ1n) is 5.89. The van der Waals surface area contributed by atoms with Crippen molar-refractivity contribution < 1.29 is 9.90 Å². The molecular weight excluding hydrogens is 264 g/mol. The summed E-state index contributed by atoms with van der Waals surface area (Å²) in [4.78, 5) is 19.0. The summed E-state index contributed by atoms with van der Waals surface area (Å²) in [5.41, 5.74) is 0.193. The predicted molar refractivity (Wildman–Crippen MR) is 71.1 cm³/mol. The van der Waals surface area contributed by atoms with Gasteiger partial charge in [0.05, 0.1) is 16.3 Å². The largest absolute Gasteiger partial charge is 0.478 e. The molecule has 19 heavy (non-hydrogen) atoms. The first kappa shape index (κ1) is 13.5. The Kier molecular flexibility index (Phi) is 4.51. The van der Waals surface area contributed by atoms with E-state index >= 15 is 0 Å². The summed E-state index contributed by atoms with van der Waals surface area (Å²) in [7, 11) is 0. The van der Waals surface area contributed by atoms with E-state index in [0.29, 0.717) is 5.75 Å². The number of hydrogen-bond acceptors (Lipinski definition) is 5. The molecule has 7 heteroatoms. The van der Waals surface area contributed by atoms with Crippen molar-refractivity contribution in [2.45, 2.75) is 30.7 Å². The molecule has 0 unspecified atom stereocenters. The number of rotatable bonds is 6. The van der Waals surface area contributed by atoms with E-state index in [-0.39, 0.29) is 5.56 Å². The maximum Gasteiger partial charge on any atom is 0.337 e. The fraction of sp³-hybridized carbons (Fsp3) is 0.333. The van der Waals surface area contributed by atoms with Crippen LogP contribution in [0.2, 0.25) is 0 Å². The van der Waals surface area contributed by atoms with Crippen LogP contribution < -0.4 is 0 Å². The Morgan fingerprint density at radius 1 is 1.42 bits per heavy atom. The van der Waals surface area contributed by atoms with Gasteiger partial charge in [0.2, 0.25) is 0 Å². The number of aromatic carboxylic acids is 1. The number of pyridine rings is 1. The van der Waals surface area contributed by atoms with Crippen LogP contribution in [0.5, 0.6) is 0 Å². The Balaban J connectivity index is 1.98. The number of thioether (sulfide) groups is 1. The van der Waals surface area contributed by atoms with Gasteiger partial charge in [0.1, 0.15) is 12.2 Å². The number of aromatic nitrogens is 4. The molecule has 0 amide bonds. The standard InChI is InChI=1S/C12H14N4O2S/c1-2-5-16-10(14-8-15-16)7-19-11-4-3-9(6-13-11)12(17)18/h3-4,6,8H,2,5,7H2,1H3,(H,17,18). The number of carboxylic acid groups (broad SMARTS) is 1. The Bertz CT molecular complexity index is 553. The van der Waals surface area contributed by atoms with Crippen molar-refractivity contribution in [3.63, 3.8) is 0 Å². The van der Waals surface area contributed by atoms with Crippen LogP contribution in [0, 0.1) is 0 Å². The monoisotopic (exact) mass is 278 g/mol. The van der Waals surface area contributed by atoms with Crippen LogP contribution in [0.3, 0.4) is 0 Å². The molecule has 0 aliphatic rings. The lowest BCUT2D eigenvalue weighted by Crippen LogP contribution is -2.04. The number of carboxylic acids is 1. The highest BCUT2D eigenvalue weighted by molar-refractivity contribution is 7.98. The first-order chi connectivity index (χ1) is 9.20. The fourth-order valence-electron chi connectivity index (χ4n) is 1.53. The van der Waals surface area contributed by atoms with Gasteiger partial charge < -0.3 is 5.11 Å². The van der Waals surface area contributed by atoms with Gasteiger partial charge in [-0.2, -0.15) is 5.10 Å². The van der Waals surface area contributed by atoms with Crippen molar-refractivity contribution in [1.29, 1.82) is 0 Å². The molecule has 1 N–H and O–H groups in total. The van der Waals surface area contributed by atoms with Gasteiger partial charge in [-0.25, -0.2) is 19.4 Å². The van der Waals surface area contributed by atoms with Gasteiger partial charge in [-0.1, -0.05) is 18.7 Å². The van der Waals surface area contributed by atoms with E-state index in [1.807, 2.05) is 4.68 Å². The van der Waals surface area contributed by atoms with Crippen LogP contribution in [0.25, 0.3) is 0 Å². The Morgan fingerprint density at radius 2 is 2.26 bits per heavy atom. The second kappa shape index (κ2) is 6.33. The third kappa shape index (κ3) is 3.54. The van der Waals surface area contributed by atoms with Gasteiger partial charge in [0, 0.05) is 12.7 Å². The molecule has 2 aromatic rings. The molecule has 2 heterocycles. The van der Waals surface area contributed by atoms with Gasteiger partial charge in [0.15, 0.2) is 0 Å². The van der Waals surface area contributed by atoms with Crippen LogP contribution >= 0.6 is 11.8 Å². The number of aryl methyl sites for hydroxylation is 1. The lowest BCUT2D eigenvalue weighted by molar-refractivity contribution is 0.0696. The molecule has 0 bridgehead atoms. The van der Waals surface area contributed by atoms with Crippen LogP contribution in [0.1, 0.15) is 29.5 Å². The Labute approximate surface area is 114 Å². The fourth-order valence-corrected chi connectivity index (χ4v) is 2.32. The lowest BCUT2D eigenvalue weighted by Gasteiger charge is -2.04. The van der Waals surface area contributed by atoms with Gasteiger partial charge in [-0.3, -0.25) is 0 Å². The van der Waals surface area contributed by atoms with Crippen LogP contribution in [0.15, 0.2) is 29.7 Å². The van der Waals surface area contributed by atoms with Crippen molar-refractivity contribution in [2.24, 2.45) is 0 Å². The molecule has 0 aliphatic carbocycles. The molecule has 0 saturated carbocycles. The zero-order chi connectivity index (χ0) is 13.7. The van der Waals surface area contributed by atoms with Crippen molar-refractivity contribution in [1.82, 2.24) is 19.7 Å². The maximum absolute atomic E-state index is 10.7.